The number of nitrogens with one attached hydrogen (secondary N) is 1. The predicted molar refractivity (Wildman–Crippen MR) is 86.1 cm³/mol. The minimum Gasteiger partial charge on any atom is -0.392 e. The number of amides is 1. The molecule has 0 bridgehead atoms. The molecule has 3 nitrogen and oxygen atoms in total. The van der Waals surface area contributed by atoms with Crippen LogP contribution in [0.25, 0.3) is 0 Å². The normalized spacial score (nSPS) is 11.6. The molecule has 0 aromatic carbocycles. The Morgan fingerprint density at radius 2 is 1.79 bits per heavy atom. The van der Waals surface area contributed by atoms with Crippen LogP contribution in [0.3, 0.4) is 0 Å². The molecule has 0 aromatic heterocycles. The number of hydrogen-bond donors (Lipinski definition) is 2. The molecule has 3 N–H and O–H groups in total. The fourth-order valence-electron chi connectivity index (χ4n) is 2.45. The zero-order chi connectivity index (χ0) is 14.9. The first-order valence-corrected chi connectivity index (χ1v) is 7.89. The van der Waals surface area contributed by atoms with Gasteiger partial charge in [0.25, 0.3) is 0 Å². The van der Waals surface area contributed by atoms with Gasteiger partial charge in [-0.15, -0.1) is 0 Å². The van der Waals surface area contributed by atoms with Crippen LogP contribution >= 0.6 is 12.2 Å². The molecule has 0 saturated heterocycles. The van der Waals surface area contributed by atoms with E-state index in [2.05, 4.69) is 33.0 Å². The number of nitrogens with two attached hydrogens (primary N) is 1. The third-order valence-electron chi connectivity index (χ3n) is 3.50. The molecule has 0 aliphatic carbocycles. The van der Waals surface area contributed by atoms with E-state index in [1.807, 2.05) is 0 Å². The second kappa shape index (κ2) is 9.29. The summed E-state index contributed by atoms with van der Waals surface area (Å²) >= 11 is 5.17. The standard InChI is InChI=1S/C15H30N2OS/c1-5-9-15(10-6-2,13(16)19)14(18)17-11-7-8-12(3)4/h12H,5-11H2,1-4H3,(H2,16,19)(H,17,18). The Labute approximate surface area is 123 Å². The van der Waals surface area contributed by atoms with Crippen LogP contribution in [0.4, 0.5) is 0 Å². The molecular weight excluding hydrogens is 256 g/mol. The summed E-state index contributed by atoms with van der Waals surface area (Å²) in [6.07, 6.45) is 5.45. The van der Waals surface area contributed by atoms with Gasteiger partial charge in [-0.25, -0.2) is 0 Å². The van der Waals surface area contributed by atoms with Crippen molar-refractivity contribution in [2.75, 3.05) is 6.54 Å². The number of rotatable bonds is 10. The first-order valence-electron chi connectivity index (χ1n) is 7.48. The molecule has 0 rings (SSSR count). The van der Waals surface area contributed by atoms with Crippen molar-refractivity contribution in [3.05, 3.63) is 0 Å². The van der Waals surface area contributed by atoms with Gasteiger partial charge < -0.3 is 11.1 Å². The van der Waals surface area contributed by atoms with E-state index in [0.29, 0.717) is 10.9 Å². The van der Waals surface area contributed by atoms with E-state index in [1.165, 1.54) is 0 Å². The molecule has 0 aliphatic heterocycles. The average Bonchev–Trinajstić information content (AvgIpc) is 2.33. The fourth-order valence-corrected chi connectivity index (χ4v) is 2.74. The summed E-state index contributed by atoms with van der Waals surface area (Å²) in [5, 5.41) is 3.02. The van der Waals surface area contributed by atoms with Crippen LogP contribution in [0.1, 0.15) is 66.2 Å². The van der Waals surface area contributed by atoms with Gasteiger partial charge in [-0.05, 0) is 31.6 Å². The molecule has 0 heterocycles. The minimum atomic E-state index is -0.642. The van der Waals surface area contributed by atoms with Crippen molar-refractivity contribution in [3.63, 3.8) is 0 Å². The highest BCUT2D eigenvalue weighted by atomic mass is 32.1. The molecule has 19 heavy (non-hydrogen) atoms. The monoisotopic (exact) mass is 286 g/mol. The molecular formula is C15H30N2OS. The first kappa shape index (κ1) is 18.4. The molecule has 4 heteroatoms. The van der Waals surface area contributed by atoms with Gasteiger partial charge in [-0.1, -0.05) is 52.8 Å². The lowest BCUT2D eigenvalue weighted by molar-refractivity contribution is -0.128. The van der Waals surface area contributed by atoms with E-state index in [0.717, 1.165) is 45.1 Å². The Bertz CT molecular complexity index is 284. The van der Waals surface area contributed by atoms with Gasteiger partial charge in [-0.3, -0.25) is 4.79 Å². The predicted octanol–water partition coefficient (Wildman–Crippen LogP) is 3.41. The number of carbonyl (C=O) groups excluding carboxylic acids is 1. The van der Waals surface area contributed by atoms with Gasteiger partial charge in [0.1, 0.15) is 0 Å². The third-order valence-corrected chi connectivity index (χ3v) is 3.89. The van der Waals surface area contributed by atoms with Crippen LogP contribution in [0.2, 0.25) is 0 Å². The third kappa shape index (κ3) is 5.89. The Morgan fingerprint density at radius 1 is 1.26 bits per heavy atom. The maximum absolute atomic E-state index is 12.5. The fraction of sp³-hybridized carbons (Fsp3) is 0.867. The molecule has 0 unspecified atom stereocenters. The van der Waals surface area contributed by atoms with Crippen molar-refractivity contribution in [1.29, 1.82) is 0 Å². The van der Waals surface area contributed by atoms with Crippen LogP contribution in [-0.4, -0.2) is 17.4 Å². The number of thiocarbonyl (C=S) groups is 1. The van der Waals surface area contributed by atoms with Crippen LogP contribution in [0, 0.1) is 11.3 Å². The summed E-state index contributed by atoms with van der Waals surface area (Å²) in [5.41, 5.74) is 5.23. The average molecular weight is 286 g/mol. The summed E-state index contributed by atoms with van der Waals surface area (Å²) in [6, 6.07) is 0. The van der Waals surface area contributed by atoms with E-state index in [9.17, 15) is 4.79 Å². The zero-order valence-electron chi connectivity index (χ0n) is 12.9. The van der Waals surface area contributed by atoms with Crippen molar-refractivity contribution in [2.24, 2.45) is 17.1 Å². The maximum atomic E-state index is 12.5. The van der Waals surface area contributed by atoms with Gasteiger partial charge in [0.05, 0.1) is 10.4 Å². The lowest BCUT2D eigenvalue weighted by atomic mass is 9.78. The minimum absolute atomic E-state index is 0.0208. The van der Waals surface area contributed by atoms with Gasteiger partial charge in [0, 0.05) is 6.54 Å². The van der Waals surface area contributed by atoms with Crippen molar-refractivity contribution in [1.82, 2.24) is 5.32 Å². The smallest absolute Gasteiger partial charge is 0.233 e. The Hall–Kier alpha value is -0.640. The molecule has 0 saturated carbocycles. The summed E-state index contributed by atoms with van der Waals surface area (Å²) in [7, 11) is 0. The van der Waals surface area contributed by atoms with Gasteiger partial charge >= 0.3 is 0 Å². The molecule has 1 amide bonds. The van der Waals surface area contributed by atoms with Gasteiger partial charge in [-0.2, -0.15) is 0 Å². The van der Waals surface area contributed by atoms with Crippen LogP contribution in [0.5, 0.6) is 0 Å². The van der Waals surface area contributed by atoms with Crippen molar-refractivity contribution in [3.8, 4) is 0 Å². The second-order valence-corrected chi connectivity index (χ2v) is 6.18. The molecule has 0 aromatic rings. The van der Waals surface area contributed by atoms with E-state index < -0.39 is 5.41 Å². The molecule has 0 spiro atoms. The Morgan fingerprint density at radius 3 is 2.16 bits per heavy atom. The van der Waals surface area contributed by atoms with E-state index in [-0.39, 0.29) is 5.91 Å². The summed E-state index contributed by atoms with van der Waals surface area (Å²) in [5.74, 6) is 0.691. The summed E-state index contributed by atoms with van der Waals surface area (Å²) < 4.78 is 0. The van der Waals surface area contributed by atoms with Crippen molar-refractivity contribution >= 4 is 23.1 Å². The van der Waals surface area contributed by atoms with Crippen LogP contribution in [0.15, 0.2) is 0 Å². The molecule has 112 valence electrons. The zero-order valence-corrected chi connectivity index (χ0v) is 13.7. The summed E-state index contributed by atoms with van der Waals surface area (Å²) in [4.78, 5) is 12.8. The highest BCUT2D eigenvalue weighted by Crippen LogP contribution is 2.30. The SMILES string of the molecule is CCCC(CCC)(C(=O)NCCCC(C)C)C(N)=S. The lowest BCUT2D eigenvalue weighted by Gasteiger charge is -2.31. The highest BCUT2D eigenvalue weighted by Gasteiger charge is 2.39. The first-order chi connectivity index (χ1) is 8.90. The highest BCUT2D eigenvalue weighted by molar-refractivity contribution is 7.80. The Kier molecular flexibility index (Phi) is 8.98. The molecule has 0 radical (unpaired) electrons. The van der Waals surface area contributed by atoms with Gasteiger partial charge in [0.15, 0.2) is 0 Å². The van der Waals surface area contributed by atoms with E-state index >= 15 is 0 Å². The van der Waals surface area contributed by atoms with Crippen LogP contribution < -0.4 is 11.1 Å². The van der Waals surface area contributed by atoms with E-state index in [1.54, 1.807) is 0 Å². The molecule has 0 aliphatic rings. The number of carbonyl (C=O) groups is 1. The quantitative estimate of drug-likeness (QED) is 0.478. The number of hydrogen-bond acceptors (Lipinski definition) is 2. The second-order valence-electron chi connectivity index (χ2n) is 5.74. The van der Waals surface area contributed by atoms with Crippen LogP contribution in [-0.2, 0) is 4.79 Å². The topological polar surface area (TPSA) is 55.1 Å². The van der Waals surface area contributed by atoms with Crippen molar-refractivity contribution in [2.45, 2.75) is 66.2 Å². The van der Waals surface area contributed by atoms with Gasteiger partial charge in [0.2, 0.25) is 5.91 Å². The summed E-state index contributed by atoms with van der Waals surface area (Å²) in [6.45, 7) is 9.23. The Balaban J connectivity index is 4.57. The largest absolute Gasteiger partial charge is 0.392 e. The van der Waals surface area contributed by atoms with Crippen molar-refractivity contribution < 1.29 is 4.79 Å². The molecule has 0 atom stereocenters. The maximum Gasteiger partial charge on any atom is 0.233 e. The molecule has 0 fully saturated rings. The lowest BCUT2D eigenvalue weighted by Crippen LogP contribution is -2.49. The van der Waals surface area contributed by atoms with E-state index in [4.69, 9.17) is 18.0 Å².